The normalized spacial score (nSPS) is 11.1. The molecule has 6 heteroatoms. The van der Waals surface area contributed by atoms with Crippen molar-refractivity contribution in [3.8, 4) is 78.6 Å². The standard InChI is InChI=1S/C64H50O6/c1-3-39-67-51-35-31-47(32-36-51)63(65)69-61-57-49(27-17-29-53(57)43-19-9-5-10-20-43)41-55(45-23-13-7-14-24-45)59(61)60-56(46-25-15-8-16-26-46)42-50-28-18-30-54(44-21-11-6-12-22-44)58(50)62(60)70-64(66)48-33-37-52(38-34-48)68-40-4-2/h5-38,41-42H,3-4,39-40H2,1-2H3. The number of hydrogen-bond acceptors (Lipinski definition) is 6. The Bertz CT molecular complexity index is 3210. The molecule has 0 aliphatic rings. The quantitative estimate of drug-likeness (QED) is 0.0754. The van der Waals surface area contributed by atoms with Gasteiger partial charge < -0.3 is 18.9 Å². The summed E-state index contributed by atoms with van der Waals surface area (Å²) in [5.74, 6) is 0.831. The van der Waals surface area contributed by atoms with Gasteiger partial charge in [-0.2, -0.15) is 0 Å². The molecule has 10 rings (SSSR count). The third-order valence-electron chi connectivity index (χ3n) is 12.3. The number of fused-ring (bicyclic) bond motifs is 2. The molecular formula is C64H50O6. The summed E-state index contributed by atoms with van der Waals surface area (Å²) < 4.78 is 25.8. The van der Waals surface area contributed by atoms with Gasteiger partial charge in [-0.05, 0) is 129 Å². The molecule has 0 unspecified atom stereocenters. The van der Waals surface area contributed by atoms with Gasteiger partial charge in [-0.25, -0.2) is 9.59 Å². The summed E-state index contributed by atoms with van der Waals surface area (Å²) in [6.45, 7) is 5.21. The Hall–Kier alpha value is -8.74. The molecule has 0 aliphatic carbocycles. The molecule has 6 nitrogen and oxygen atoms in total. The molecule has 10 aromatic carbocycles. The Labute approximate surface area is 408 Å². The maximum absolute atomic E-state index is 15.1. The number of esters is 2. The summed E-state index contributed by atoms with van der Waals surface area (Å²) in [6, 6.07) is 71.1. The molecule has 0 radical (unpaired) electrons. The first-order valence-corrected chi connectivity index (χ1v) is 23.8. The van der Waals surface area contributed by atoms with Crippen molar-refractivity contribution in [3.63, 3.8) is 0 Å². The highest BCUT2D eigenvalue weighted by molar-refractivity contribution is 6.17. The largest absolute Gasteiger partial charge is 0.494 e. The van der Waals surface area contributed by atoms with E-state index in [1.807, 2.05) is 84.9 Å². The van der Waals surface area contributed by atoms with Crippen LogP contribution in [-0.4, -0.2) is 25.2 Å². The van der Waals surface area contributed by atoms with E-state index in [1.165, 1.54) is 0 Å². The first-order valence-electron chi connectivity index (χ1n) is 23.8. The number of carbonyl (C=O) groups is 2. The van der Waals surface area contributed by atoms with Crippen LogP contribution in [0.15, 0.2) is 218 Å². The van der Waals surface area contributed by atoms with Gasteiger partial charge in [-0.3, -0.25) is 0 Å². The first-order chi connectivity index (χ1) is 34.5. The van der Waals surface area contributed by atoms with Crippen LogP contribution in [0, 0.1) is 0 Å². The monoisotopic (exact) mass is 914 g/mol. The number of carbonyl (C=O) groups excluding carboxylic acids is 2. The molecule has 342 valence electrons. The third-order valence-corrected chi connectivity index (χ3v) is 12.3. The molecule has 0 heterocycles. The van der Waals surface area contributed by atoms with E-state index in [1.54, 1.807) is 48.5 Å². The summed E-state index contributed by atoms with van der Waals surface area (Å²) in [6.07, 6.45) is 1.70. The first kappa shape index (κ1) is 45.1. The van der Waals surface area contributed by atoms with Gasteiger partial charge in [0.2, 0.25) is 0 Å². The minimum atomic E-state index is -0.561. The van der Waals surface area contributed by atoms with Crippen molar-refractivity contribution in [3.05, 3.63) is 230 Å². The second-order valence-electron chi connectivity index (χ2n) is 17.1. The second kappa shape index (κ2) is 20.6. The van der Waals surface area contributed by atoms with E-state index >= 15 is 9.59 Å². The van der Waals surface area contributed by atoms with Crippen LogP contribution in [-0.2, 0) is 0 Å². The van der Waals surface area contributed by atoms with Crippen molar-refractivity contribution in [2.24, 2.45) is 0 Å². The summed E-state index contributed by atoms with van der Waals surface area (Å²) >= 11 is 0. The summed E-state index contributed by atoms with van der Waals surface area (Å²) in [7, 11) is 0. The van der Waals surface area contributed by atoms with Gasteiger partial charge >= 0.3 is 11.9 Å². The lowest BCUT2D eigenvalue weighted by Crippen LogP contribution is -2.13. The zero-order valence-electron chi connectivity index (χ0n) is 39.1. The van der Waals surface area contributed by atoms with Crippen molar-refractivity contribution in [2.75, 3.05) is 13.2 Å². The van der Waals surface area contributed by atoms with E-state index < -0.39 is 11.9 Å². The van der Waals surface area contributed by atoms with Crippen LogP contribution in [0.4, 0.5) is 0 Å². The number of benzene rings is 10. The van der Waals surface area contributed by atoms with Crippen LogP contribution in [0.3, 0.4) is 0 Å². The molecule has 0 atom stereocenters. The lowest BCUT2D eigenvalue weighted by Gasteiger charge is -2.25. The van der Waals surface area contributed by atoms with Crippen LogP contribution in [0.1, 0.15) is 47.4 Å². The maximum atomic E-state index is 15.1. The maximum Gasteiger partial charge on any atom is 0.343 e. The van der Waals surface area contributed by atoms with Crippen molar-refractivity contribution >= 4 is 33.5 Å². The van der Waals surface area contributed by atoms with Gasteiger partial charge in [-0.15, -0.1) is 0 Å². The summed E-state index contributed by atoms with van der Waals surface area (Å²) in [5.41, 5.74) is 8.72. The predicted molar refractivity (Wildman–Crippen MR) is 283 cm³/mol. The lowest BCUT2D eigenvalue weighted by atomic mass is 9.82. The minimum absolute atomic E-state index is 0.315. The van der Waals surface area contributed by atoms with Crippen LogP contribution in [0.5, 0.6) is 23.0 Å². The van der Waals surface area contributed by atoms with Crippen LogP contribution in [0.2, 0.25) is 0 Å². The molecule has 0 aromatic heterocycles. The van der Waals surface area contributed by atoms with Gasteiger partial charge in [0.1, 0.15) is 23.0 Å². The third kappa shape index (κ3) is 9.28. The molecule has 0 bridgehead atoms. The highest BCUT2D eigenvalue weighted by Crippen LogP contribution is 2.55. The molecule has 10 aromatic rings. The van der Waals surface area contributed by atoms with Gasteiger partial charge in [0, 0.05) is 21.9 Å². The zero-order chi connectivity index (χ0) is 47.8. The Kier molecular flexibility index (Phi) is 13.3. The topological polar surface area (TPSA) is 71.1 Å². The van der Waals surface area contributed by atoms with E-state index in [0.29, 0.717) is 58.5 Å². The Balaban J connectivity index is 1.35. The molecular weight excluding hydrogens is 865 g/mol. The van der Waals surface area contributed by atoms with Crippen molar-refractivity contribution in [1.82, 2.24) is 0 Å². The Morgan fingerprint density at radius 1 is 0.357 bits per heavy atom. The fourth-order valence-electron chi connectivity index (χ4n) is 9.06. The highest BCUT2D eigenvalue weighted by Gasteiger charge is 2.31. The summed E-state index contributed by atoms with van der Waals surface area (Å²) in [4.78, 5) is 30.1. The fourth-order valence-corrected chi connectivity index (χ4v) is 9.06. The van der Waals surface area contributed by atoms with Crippen LogP contribution < -0.4 is 18.9 Å². The molecule has 0 saturated carbocycles. The molecule has 0 N–H and O–H groups in total. The van der Waals surface area contributed by atoms with E-state index in [9.17, 15) is 0 Å². The van der Waals surface area contributed by atoms with E-state index in [0.717, 1.165) is 78.9 Å². The average molecular weight is 915 g/mol. The Morgan fingerprint density at radius 3 is 1.01 bits per heavy atom. The van der Waals surface area contributed by atoms with Crippen molar-refractivity contribution < 1.29 is 28.5 Å². The number of ether oxygens (including phenoxy) is 4. The number of hydrogen-bond donors (Lipinski definition) is 0. The van der Waals surface area contributed by atoms with Crippen molar-refractivity contribution in [2.45, 2.75) is 26.7 Å². The van der Waals surface area contributed by atoms with Crippen molar-refractivity contribution in [1.29, 1.82) is 0 Å². The molecule has 0 saturated heterocycles. The van der Waals surface area contributed by atoms with E-state index in [-0.39, 0.29) is 0 Å². The second-order valence-corrected chi connectivity index (χ2v) is 17.1. The Morgan fingerprint density at radius 2 is 0.686 bits per heavy atom. The van der Waals surface area contributed by atoms with Gasteiger partial charge in [0.15, 0.2) is 0 Å². The van der Waals surface area contributed by atoms with Gasteiger partial charge in [-0.1, -0.05) is 172 Å². The van der Waals surface area contributed by atoms with Gasteiger partial charge in [0.05, 0.1) is 24.3 Å². The fraction of sp³-hybridized carbons (Fsp3) is 0.0938. The van der Waals surface area contributed by atoms with Crippen LogP contribution in [0.25, 0.3) is 77.2 Å². The number of rotatable bonds is 15. The highest BCUT2D eigenvalue weighted by atomic mass is 16.5. The lowest BCUT2D eigenvalue weighted by molar-refractivity contribution is 0.0725. The molecule has 0 fully saturated rings. The molecule has 0 aliphatic heterocycles. The SMILES string of the molecule is CCCOc1ccc(C(=O)Oc2c(-c3c(-c4ccccc4)cc4cccc(-c5ccccc5)c4c3OC(=O)c3ccc(OCCC)cc3)c(-c3ccccc3)cc3cccc(-c4ccccc4)c23)cc1. The molecule has 0 amide bonds. The molecule has 70 heavy (non-hydrogen) atoms. The smallest absolute Gasteiger partial charge is 0.343 e. The zero-order valence-corrected chi connectivity index (χ0v) is 39.1. The predicted octanol–water partition coefficient (Wildman–Crippen LogP) is 16.3. The van der Waals surface area contributed by atoms with E-state index in [4.69, 9.17) is 18.9 Å². The summed E-state index contributed by atoms with van der Waals surface area (Å²) in [5, 5.41) is 3.14. The van der Waals surface area contributed by atoms with Crippen LogP contribution >= 0.6 is 0 Å². The van der Waals surface area contributed by atoms with Gasteiger partial charge in [0.25, 0.3) is 0 Å². The minimum Gasteiger partial charge on any atom is -0.494 e. The molecule has 0 spiro atoms. The van der Waals surface area contributed by atoms with E-state index in [2.05, 4.69) is 98.8 Å². The average Bonchev–Trinajstić information content (AvgIpc) is 3.42.